The molecule has 1 heterocycles. The molecule has 0 aliphatic heterocycles. The molecule has 0 unspecified atom stereocenters. The summed E-state index contributed by atoms with van der Waals surface area (Å²) in [6.45, 7) is 6.61. The van der Waals surface area contributed by atoms with Gasteiger partial charge in [0.05, 0.1) is 0 Å². The van der Waals surface area contributed by atoms with E-state index in [1.54, 1.807) is 11.3 Å². The highest BCUT2D eigenvalue weighted by atomic mass is 32.1. The number of hydrogen-bond donors (Lipinski definition) is 2. The maximum atomic E-state index is 11.7. The van der Waals surface area contributed by atoms with Crippen molar-refractivity contribution in [2.75, 3.05) is 0 Å². The summed E-state index contributed by atoms with van der Waals surface area (Å²) in [6.07, 6.45) is 3.94. The predicted molar refractivity (Wildman–Crippen MR) is 86.6 cm³/mol. The molecule has 21 heavy (non-hydrogen) atoms. The third kappa shape index (κ3) is 6.06. The number of thiophene rings is 1. The summed E-state index contributed by atoms with van der Waals surface area (Å²) in [6, 6.07) is 5.06. The molecule has 1 saturated carbocycles. The quantitative estimate of drug-likeness (QED) is 0.892. The van der Waals surface area contributed by atoms with Crippen molar-refractivity contribution in [3.63, 3.8) is 0 Å². The van der Waals surface area contributed by atoms with Crippen molar-refractivity contribution < 1.29 is 9.53 Å². The van der Waals surface area contributed by atoms with Crippen LogP contribution in [0, 0.1) is 0 Å². The second-order valence-corrected chi connectivity index (χ2v) is 7.69. The first kappa shape index (κ1) is 16.3. The van der Waals surface area contributed by atoms with Crippen molar-refractivity contribution in [3.8, 4) is 0 Å². The van der Waals surface area contributed by atoms with E-state index in [1.807, 2.05) is 20.8 Å². The van der Waals surface area contributed by atoms with Gasteiger partial charge in [0, 0.05) is 23.5 Å². The molecule has 1 aromatic rings. The van der Waals surface area contributed by atoms with Crippen molar-refractivity contribution in [2.45, 2.75) is 70.7 Å². The number of carbonyl (C=O) groups excluding carboxylic acids is 1. The Morgan fingerprint density at radius 2 is 1.95 bits per heavy atom. The molecule has 1 aliphatic carbocycles. The highest BCUT2D eigenvalue weighted by molar-refractivity contribution is 7.09. The van der Waals surface area contributed by atoms with Crippen LogP contribution in [0.3, 0.4) is 0 Å². The van der Waals surface area contributed by atoms with E-state index in [0.717, 1.165) is 32.2 Å². The molecule has 5 heteroatoms. The fourth-order valence-electron chi connectivity index (χ4n) is 2.57. The van der Waals surface area contributed by atoms with Crippen molar-refractivity contribution in [1.29, 1.82) is 0 Å². The molecular weight excluding hydrogens is 284 g/mol. The van der Waals surface area contributed by atoms with Crippen LogP contribution < -0.4 is 10.6 Å². The van der Waals surface area contributed by atoms with Crippen molar-refractivity contribution in [2.24, 2.45) is 0 Å². The lowest BCUT2D eigenvalue weighted by atomic mass is 9.91. The summed E-state index contributed by atoms with van der Waals surface area (Å²) >= 11 is 1.79. The molecular formula is C16H26N2O2S. The number of nitrogens with one attached hydrogen (secondary N) is 2. The Bertz CT molecular complexity index is 432. The number of ether oxygens (including phenoxy) is 1. The second kappa shape index (κ2) is 7.27. The van der Waals surface area contributed by atoms with Gasteiger partial charge in [-0.05, 0) is 57.9 Å². The van der Waals surface area contributed by atoms with Gasteiger partial charge in [-0.25, -0.2) is 4.79 Å². The van der Waals surface area contributed by atoms with Crippen LogP contribution in [0.5, 0.6) is 0 Å². The average Bonchev–Trinajstić information content (AvgIpc) is 2.89. The van der Waals surface area contributed by atoms with E-state index in [0.29, 0.717) is 6.04 Å². The number of hydrogen-bond acceptors (Lipinski definition) is 4. The first-order valence-electron chi connectivity index (χ1n) is 7.67. The van der Waals surface area contributed by atoms with Gasteiger partial charge in [0.2, 0.25) is 0 Å². The summed E-state index contributed by atoms with van der Waals surface area (Å²) in [5.41, 5.74) is -0.427. The van der Waals surface area contributed by atoms with Crippen LogP contribution in [0.25, 0.3) is 0 Å². The summed E-state index contributed by atoms with van der Waals surface area (Å²) in [7, 11) is 0. The van der Waals surface area contributed by atoms with E-state index in [1.165, 1.54) is 4.88 Å². The second-order valence-electron chi connectivity index (χ2n) is 6.66. The zero-order valence-corrected chi connectivity index (χ0v) is 14.0. The summed E-state index contributed by atoms with van der Waals surface area (Å²) in [4.78, 5) is 13.1. The van der Waals surface area contributed by atoms with Gasteiger partial charge in [-0.2, -0.15) is 0 Å². The van der Waals surface area contributed by atoms with E-state index in [9.17, 15) is 4.79 Å². The minimum Gasteiger partial charge on any atom is -0.444 e. The highest BCUT2D eigenvalue weighted by Gasteiger charge is 2.24. The molecule has 0 spiro atoms. The molecule has 2 N–H and O–H groups in total. The van der Waals surface area contributed by atoms with Crippen LogP contribution in [0.1, 0.15) is 51.3 Å². The van der Waals surface area contributed by atoms with E-state index in [4.69, 9.17) is 4.74 Å². The normalized spacial score (nSPS) is 22.8. The predicted octanol–water partition coefficient (Wildman–Crippen LogP) is 3.67. The topological polar surface area (TPSA) is 50.4 Å². The standard InChI is InChI=1S/C16H26N2O2S/c1-16(2,3)20-15(19)18-13-8-6-12(7-9-13)17-11-14-5-4-10-21-14/h4-5,10,12-13,17H,6-9,11H2,1-3H3,(H,18,19). The summed E-state index contributed by atoms with van der Waals surface area (Å²) in [5, 5.41) is 8.69. The van der Waals surface area contributed by atoms with Crippen LogP contribution in [-0.2, 0) is 11.3 Å². The lowest BCUT2D eigenvalue weighted by molar-refractivity contribution is 0.0490. The van der Waals surface area contributed by atoms with Gasteiger partial charge in [-0.15, -0.1) is 11.3 Å². The van der Waals surface area contributed by atoms with E-state index in [2.05, 4.69) is 28.1 Å². The third-order valence-electron chi connectivity index (χ3n) is 3.59. The van der Waals surface area contributed by atoms with Gasteiger partial charge in [0.25, 0.3) is 0 Å². The van der Waals surface area contributed by atoms with E-state index in [-0.39, 0.29) is 12.1 Å². The van der Waals surface area contributed by atoms with Crippen molar-refractivity contribution in [1.82, 2.24) is 10.6 Å². The molecule has 2 rings (SSSR count). The van der Waals surface area contributed by atoms with E-state index >= 15 is 0 Å². The molecule has 0 aromatic carbocycles. The highest BCUT2D eigenvalue weighted by Crippen LogP contribution is 2.20. The Kier molecular flexibility index (Phi) is 5.65. The number of carbonyl (C=O) groups is 1. The lowest BCUT2D eigenvalue weighted by Crippen LogP contribution is -2.43. The van der Waals surface area contributed by atoms with Crippen LogP contribution in [0.2, 0.25) is 0 Å². The van der Waals surface area contributed by atoms with Gasteiger partial charge in [0.1, 0.15) is 5.60 Å². The smallest absolute Gasteiger partial charge is 0.407 e. The Morgan fingerprint density at radius 3 is 2.52 bits per heavy atom. The SMILES string of the molecule is CC(C)(C)OC(=O)NC1CCC(NCc2cccs2)CC1. The Balaban J connectivity index is 1.65. The Morgan fingerprint density at radius 1 is 1.29 bits per heavy atom. The molecule has 0 atom stereocenters. The lowest BCUT2D eigenvalue weighted by Gasteiger charge is -2.30. The molecule has 0 bridgehead atoms. The first-order chi connectivity index (χ1) is 9.92. The molecule has 0 saturated heterocycles. The summed E-state index contributed by atoms with van der Waals surface area (Å²) in [5.74, 6) is 0. The molecule has 1 aliphatic rings. The van der Waals surface area contributed by atoms with Gasteiger partial charge in [-0.1, -0.05) is 6.07 Å². The maximum absolute atomic E-state index is 11.7. The fraction of sp³-hybridized carbons (Fsp3) is 0.688. The number of rotatable bonds is 4. The molecule has 118 valence electrons. The van der Waals surface area contributed by atoms with Gasteiger partial charge in [-0.3, -0.25) is 0 Å². The fourth-order valence-corrected chi connectivity index (χ4v) is 3.23. The maximum Gasteiger partial charge on any atom is 0.407 e. The van der Waals surface area contributed by atoms with Crippen LogP contribution in [-0.4, -0.2) is 23.8 Å². The zero-order chi connectivity index (χ0) is 15.3. The summed E-state index contributed by atoms with van der Waals surface area (Å²) < 4.78 is 5.30. The molecule has 1 amide bonds. The molecule has 1 aromatic heterocycles. The molecule has 0 radical (unpaired) electrons. The van der Waals surface area contributed by atoms with Crippen molar-refractivity contribution >= 4 is 17.4 Å². The molecule has 4 nitrogen and oxygen atoms in total. The minimum atomic E-state index is -0.427. The van der Waals surface area contributed by atoms with Crippen molar-refractivity contribution in [3.05, 3.63) is 22.4 Å². The van der Waals surface area contributed by atoms with Gasteiger partial charge < -0.3 is 15.4 Å². The largest absolute Gasteiger partial charge is 0.444 e. The third-order valence-corrected chi connectivity index (χ3v) is 4.47. The van der Waals surface area contributed by atoms with E-state index < -0.39 is 5.60 Å². The number of amides is 1. The van der Waals surface area contributed by atoms with Gasteiger partial charge in [0.15, 0.2) is 0 Å². The Hall–Kier alpha value is -1.07. The average molecular weight is 310 g/mol. The monoisotopic (exact) mass is 310 g/mol. The Labute approximate surface area is 131 Å². The van der Waals surface area contributed by atoms with Crippen LogP contribution in [0.15, 0.2) is 17.5 Å². The zero-order valence-electron chi connectivity index (χ0n) is 13.1. The van der Waals surface area contributed by atoms with Crippen LogP contribution >= 0.6 is 11.3 Å². The van der Waals surface area contributed by atoms with Crippen LogP contribution in [0.4, 0.5) is 4.79 Å². The number of alkyl carbamates (subject to hydrolysis) is 1. The first-order valence-corrected chi connectivity index (χ1v) is 8.55. The minimum absolute atomic E-state index is 0.250. The van der Waals surface area contributed by atoms with Gasteiger partial charge >= 0.3 is 6.09 Å². The molecule has 1 fully saturated rings.